The molecule has 21 heavy (non-hydrogen) atoms. The van der Waals surface area contributed by atoms with Crippen molar-refractivity contribution in [3.63, 3.8) is 0 Å². The normalized spacial score (nSPS) is 15.3. The third-order valence-electron chi connectivity index (χ3n) is 4.29. The van der Waals surface area contributed by atoms with E-state index in [0.717, 1.165) is 35.0 Å². The number of nitrogens with one attached hydrogen (secondary N) is 2. The monoisotopic (exact) mass is 280 g/mol. The summed E-state index contributed by atoms with van der Waals surface area (Å²) in [5, 5.41) is 10.6. The number of aromatic amines is 2. The fourth-order valence-electron chi connectivity index (χ4n) is 3.17. The second kappa shape index (κ2) is 4.60. The van der Waals surface area contributed by atoms with E-state index in [-0.39, 0.29) is 5.69 Å². The van der Waals surface area contributed by atoms with Crippen LogP contribution >= 0.6 is 0 Å². The summed E-state index contributed by atoms with van der Waals surface area (Å²) >= 11 is 0. The molecule has 0 saturated heterocycles. The lowest BCUT2D eigenvalue weighted by molar-refractivity contribution is 0.220. The minimum Gasteiger partial charge on any atom is -0.384 e. The van der Waals surface area contributed by atoms with Crippen LogP contribution in [0.1, 0.15) is 34.8 Å². The van der Waals surface area contributed by atoms with Gasteiger partial charge in [0.05, 0.1) is 11.0 Å². The lowest BCUT2D eigenvalue weighted by Gasteiger charge is -2.13. The number of benzene rings is 2. The molecule has 0 fully saturated rings. The molecule has 0 amide bonds. The lowest BCUT2D eigenvalue weighted by atomic mass is 9.98. The lowest BCUT2D eigenvalue weighted by Crippen LogP contribution is -2.01. The van der Waals surface area contributed by atoms with Gasteiger partial charge in [-0.2, -0.15) is 0 Å². The van der Waals surface area contributed by atoms with Gasteiger partial charge in [0.2, 0.25) is 0 Å². The summed E-state index contributed by atoms with van der Waals surface area (Å²) < 4.78 is 0. The van der Waals surface area contributed by atoms with Crippen molar-refractivity contribution in [1.29, 1.82) is 0 Å². The van der Waals surface area contributed by atoms with Gasteiger partial charge in [0, 0.05) is 0 Å². The van der Waals surface area contributed by atoms with Crippen LogP contribution in [0, 0.1) is 0 Å². The average molecular weight is 280 g/mol. The molecule has 1 aliphatic rings. The molecule has 0 radical (unpaired) electrons. The zero-order valence-corrected chi connectivity index (χ0v) is 11.5. The summed E-state index contributed by atoms with van der Waals surface area (Å²) in [5.41, 5.74) is 5.69. The average Bonchev–Trinajstić information content (AvgIpc) is 3.09. The number of aromatic nitrogens is 2. The van der Waals surface area contributed by atoms with E-state index in [0.29, 0.717) is 0 Å². The third kappa shape index (κ3) is 2.08. The van der Waals surface area contributed by atoms with Gasteiger partial charge in [-0.15, -0.1) is 0 Å². The maximum absolute atomic E-state index is 11.3. The predicted octanol–water partition coefficient (Wildman–Crippen LogP) is 2.43. The van der Waals surface area contributed by atoms with Crippen molar-refractivity contribution >= 4 is 11.0 Å². The molecule has 4 heteroatoms. The number of hydrogen-bond donors (Lipinski definition) is 3. The zero-order valence-electron chi connectivity index (χ0n) is 11.5. The van der Waals surface area contributed by atoms with Gasteiger partial charge in [-0.3, -0.25) is 0 Å². The molecule has 0 spiro atoms. The van der Waals surface area contributed by atoms with Gasteiger partial charge in [-0.25, -0.2) is 4.79 Å². The van der Waals surface area contributed by atoms with Crippen molar-refractivity contribution < 1.29 is 5.11 Å². The summed E-state index contributed by atoms with van der Waals surface area (Å²) in [4.78, 5) is 16.7. The van der Waals surface area contributed by atoms with E-state index in [1.165, 1.54) is 17.5 Å². The summed E-state index contributed by atoms with van der Waals surface area (Å²) in [6.07, 6.45) is 2.77. The molecule has 3 aromatic rings. The molecule has 4 nitrogen and oxygen atoms in total. The van der Waals surface area contributed by atoms with Crippen molar-refractivity contribution in [2.24, 2.45) is 0 Å². The molecule has 1 aromatic heterocycles. The van der Waals surface area contributed by atoms with Crippen molar-refractivity contribution in [2.45, 2.75) is 25.4 Å². The van der Waals surface area contributed by atoms with Crippen LogP contribution in [0.4, 0.5) is 0 Å². The molecule has 1 aliphatic carbocycles. The van der Waals surface area contributed by atoms with Gasteiger partial charge in [-0.05, 0) is 53.6 Å². The van der Waals surface area contributed by atoms with Crippen molar-refractivity contribution in [1.82, 2.24) is 9.97 Å². The van der Waals surface area contributed by atoms with Crippen LogP contribution in [-0.2, 0) is 12.8 Å². The minimum atomic E-state index is -0.668. The van der Waals surface area contributed by atoms with Gasteiger partial charge >= 0.3 is 5.69 Å². The number of aliphatic hydroxyl groups is 1. The molecule has 0 saturated carbocycles. The Morgan fingerprint density at radius 2 is 1.62 bits per heavy atom. The Morgan fingerprint density at radius 1 is 0.905 bits per heavy atom. The highest BCUT2D eigenvalue weighted by Crippen LogP contribution is 2.29. The molecule has 2 aromatic carbocycles. The highest BCUT2D eigenvalue weighted by molar-refractivity contribution is 5.75. The van der Waals surface area contributed by atoms with E-state index in [4.69, 9.17) is 0 Å². The van der Waals surface area contributed by atoms with E-state index in [9.17, 15) is 9.90 Å². The first kappa shape index (κ1) is 12.4. The van der Waals surface area contributed by atoms with Gasteiger partial charge in [-0.1, -0.05) is 24.3 Å². The van der Waals surface area contributed by atoms with E-state index in [2.05, 4.69) is 22.1 Å². The number of rotatable bonds is 2. The highest BCUT2D eigenvalue weighted by atomic mass is 16.3. The Hall–Kier alpha value is -2.33. The Labute approximate surface area is 121 Å². The summed E-state index contributed by atoms with van der Waals surface area (Å²) in [6.45, 7) is 0. The number of hydrogen-bond acceptors (Lipinski definition) is 2. The first-order valence-electron chi connectivity index (χ1n) is 7.22. The molecule has 4 rings (SSSR count). The summed E-state index contributed by atoms with van der Waals surface area (Å²) in [6, 6.07) is 11.7. The quantitative estimate of drug-likeness (QED) is 0.675. The van der Waals surface area contributed by atoms with Gasteiger partial charge in [0.15, 0.2) is 0 Å². The van der Waals surface area contributed by atoms with Crippen LogP contribution in [0.3, 0.4) is 0 Å². The predicted molar refractivity (Wildman–Crippen MR) is 81.4 cm³/mol. The molecule has 3 N–H and O–H groups in total. The molecular weight excluding hydrogens is 264 g/mol. The SMILES string of the molecule is O=c1[nH]c2ccc(C(O)c3ccc4c(c3)CCC4)cc2[nH]1. The third-order valence-corrected chi connectivity index (χ3v) is 4.29. The van der Waals surface area contributed by atoms with E-state index in [1.54, 1.807) is 0 Å². The zero-order chi connectivity index (χ0) is 14.4. The fourth-order valence-corrected chi connectivity index (χ4v) is 3.17. The van der Waals surface area contributed by atoms with Crippen molar-refractivity contribution in [2.75, 3.05) is 0 Å². The fraction of sp³-hybridized carbons (Fsp3) is 0.235. The number of aliphatic hydroxyl groups excluding tert-OH is 1. The highest BCUT2D eigenvalue weighted by Gasteiger charge is 2.16. The van der Waals surface area contributed by atoms with E-state index < -0.39 is 6.10 Å². The smallest absolute Gasteiger partial charge is 0.323 e. The van der Waals surface area contributed by atoms with E-state index >= 15 is 0 Å². The van der Waals surface area contributed by atoms with Crippen LogP contribution in [0.15, 0.2) is 41.2 Å². The van der Waals surface area contributed by atoms with Crippen LogP contribution in [0.2, 0.25) is 0 Å². The van der Waals surface area contributed by atoms with Crippen molar-refractivity contribution in [3.05, 3.63) is 69.1 Å². The second-order valence-electron chi connectivity index (χ2n) is 5.67. The van der Waals surface area contributed by atoms with Crippen molar-refractivity contribution in [3.8, 4) is 0 Å². The number of imidazole rings is 1. The van der Waals surface area contributed by atoms with Gasteiger partial charge in [0.1, 0.15) is 6.10 Å². The van der Waals surface area contributed by atoms with E-state index in [1.807, 2.05) is 24.3 Å². The Bertz CT molecular complexity index is 876. The largest absolute Gasteiger partial charge is 0.384 e. The van der Waals surface area contributed by atoms with Gasteiger partial charge in [0.25, 0.3) is 0 Å². The molecule has 0 aliphatic heterocycles. The molecule has 1 unspecified atom stereocenters. The number of aryl methyl sites for hydroxylation is 2. The summed E-state index contributed by atoms with van der Waals surface area (Å²) in [5.74, 6) is 0. The Morgan fingerprint density at radius 3 is 2.52 bits per heavy atom. The van der Waals surface area contributed by atoms with Crippen LogP contribution in [-0.4, -0.2) is 15.1 Å². The second-order valence-corrected chi connectivity index (χ2v) is 5.67. The van der Waals surface area contributed by atoms with Crippen LogP contribution in [0.5, 0.6) is 0 Å². The Balaban J connectivity index is 1.75. The number of H-pyrrole nitrogens is 2. The molecule has 0 bridgehead atoms. The summed E-state index contributed by atoms with van der Waals surface area (Å²) in [7, 11) is 0. The molecule has 106 valence electrons. The maximum Gasteiger partial charge on any atom is 0.323 e. The molecular formula is C17H16N2O2. The van der Waals surface area contributed by atoms with Crippen LogP contribution in [0.25, 0.3) is 11.0 Å². The van der Waals surface area contributed by atoms with Crippen LogP contribution < -0.4 is 5.69 Å². The topological polar surface area (TPSA) is 68.9 Å². The minimum absolute atomic E-state index is 0.228. The Kier molecular flexibility index (Phi) is 2.72. The maximum atomic E-state index is 11.3. The number of fused-ring (bicyclic) bond motifs is 2. The van der Waals surface area contributed by atoms with Gasteiger partial charge < -0.3 is 15.1 Å². The molecule has 1 heterocycles. The first-order valence-corrected chi connectivity index (χ1v) is 7.22. The molecule has 1 atom stereocenters. The first-order chi connectivity index (χ1) is 10.2. The standard InChI is InChI=1S/C17H16N2O2/c20-16(12-5-4-10-2-1-3-11(10)8-12)13-6-7-14-15(9-13)19-17(21)18-14/h4-9,16,20H,1-3H2,(H2,18,19,21).